The van der Waals surface area contributed by atoms with Crippen molar-refractivity contribution in [2.24, 2.45) is 0 Å². The van der Waals surface area contributed by atoms with E-state index in [9.17, 15) is 22.0 Å². The van der Waals surface area contributed by atoms with E-state index in [1.807, 2.05) is 30.3 Å². The molecule has 0 saturated carbocycles. The van der Waals surface area contributed by atoms with Gasteiger partial charge in [0.05, 0.1) is 7.11 Å². The summed E-state index contributed by atoms with van der Waals surface area (Å²) in [5.41, 5.74) is 0.254. The number of methoxy groups -OCH3 is 1. The van der Waals surface area contributed by atoms with Gasteiger partial charge in [0, 0.05) is 29.8 Å². The molecule has 2 N–H and O–H groups in total. The van der Waals surface area contributed by atoms with Crippen molar-refractivity contribution < 1.29 is 26.7 Å². The second kappa shape index (κ2) is 11.3. The van der Waals surface area contributed by atoms with Crippen LogP contribution in [0.15, 0.2) is 48.5 Å². The van der Waals surface area contributed by atoms with Crippen LogP contribution in [0.4, 0.5) is 22.0 Å². The van der Waals surface area contributed by atoms with Crippen molar-refractivity contribution >= 4 is 24.8 Å². The van der Waals surface area contributed by atoms with Gasteiger partial charge in [0.1, 0.15) is 5.75 Å². The fourth-order valence-electron chi connectivity index (χ4n) is 3.64. The highest BCUT2D eigenvalue weighted by molar-refractivity contribution is 5.85. The van der Waals surface area contributed by atoms with E-state index in [4.69, 9.17) is 4.74 Å². The summed E-state index contributed by atoms with van der Waals surface area (Å²) in [7, 11) is 1.36. The lowest BCUT2D eigenvalue weighted by Crippen LogP contribution is -2.45. The number of ether oxygens (including phenoxy) is 1. The van der Waals surface area contributed by atoms with E-state index in [2.05, 4.69) is 10.6 Å². The molecule has 0 unspecified atom stereocenters. The van der Waals surface area contributed by atoms with Gasteiger partial charge in [-0.15, -0.1) is 24.8 Å². The Morgan fingerprint density at radius 2 is 1.71 bits per heavy atom. The number of piperidine rings is 1. The molecule has 2 aromatic carbocycles. The maximum atomic E-state index is 13.8. The van der Waals surface area contributed by atoms with Crippen molar-refractivity contribution in [3.05, 3.63) is 65.2 Å². The van der Waals surface area contributed by atoms with Crippen molar-refractivity contribution in [2.45, 2.75) is 43.6 Å². The molecule has 1 heterocycles. The molecule has 1 aliphatic rings. The molecule has 0 aliphatic carbocycles. The van der Waals surface area contributed by atoms with Crippen LogP contribution in [-0.4, -0.2) is 25.9 Å². The zero-order valence-electron chi connectivity index (χ0n) is 16.7. The smallest absolute Gasteiger partial charge is 0.458 e. The van der Waals surface area contributed by atoms with Gasteiger partial charge in [-0.3, -0.25) is 0 Å². The number of halogens is 7. The highest BCUT2D eigenvalue weighted by Crippen LogP contribution is 2.44. The number of nitrogens with one attached hydrogen (secondary N) is 2. The van der Waals surface area contributed by atoms with Crippen LogP contribution < -0.4 is 15.4 Å². The Bertz CT molecular complexity index is 821. The minimum Gasteiger partial charge on any atom is -0.496 e. The molecule has 0 amide bonds. The van der Waals surface area contributed by atoms with Gasteiger partial charge in [-0.1, -0.05) is 30.3 Å². The summed E-state index contributed by atoms with van der Waals surface area (Å²) in [6.07, 6.45) is -3.87. The van der Waals surface area contributed by atoms with Gasteiger partial charge < -0.3 is 15.4 Å². The third-order valence-corrected chi connectivity index (χ3v) is 5.17. The lowest BCUT2D eigenvalue weighted by molar-refractivity contribution is -0.289. The Balaban J connectivity index is 0.00000240. The first-order valence-electron chi connectivity index (χ1n) is 9.37. The minimum atomic E-state index is -5.65. The summed E-state index contributed by atoms with van der Waals surface area (Å²) in [6, 6.07) is 12.6. The Morgan fingerprint density at radius 1 is 1.03 bits per heavy atom. The van der Waals surface area contributed by atoms with Gasteiger partial charge >= 0.3 is 12.1 Å². The number of rotatable bonds is 6. The molecule has 1 aliphatic heterocycles. The van der Waals surface area contributed by atoms with E-state index >= 15 is 0 Å². The molecular weight excluding hydrogens is 462 g/mol. The summed E-state index contributed by atoms with van der Waals surface area (Å²) >= 11 is 0. The molecule has 31 heavy (non-hydrogen) atoms. The largest absolute Gasteiger partial charge is 0.496 e. The lowest BCUT2D eigenvalue weighted by Gasteiger charge is -2.34. The molecule has 174 valence electrons. The summed E-state index contributed by atoms with van der Waals surface area (Å²) in [5, 5.41) is 6.75. The molecule has 0 spiro atoms. The second-order valence-corrected chi connectivity index (χ2v) is 7.07. The summed E-state index contributed by atoms with van der Waals surface area (Å²) < 4.78 is 70.9. The summed E-state index contributed by atoms with van der Waals surface area (Å²) in [5.74, 6) is -4.66. The normalized spacial score (nSPS) is 19.2. The van der Waals surface area contributed by atoms with E-state index in [1.165, 1.54) is 7.11 Å². The number of hydrogen-bond acceptors (Lipinski definition) is 3. The van der Waals surface area contributed by atoms with Crippen LogP contribution in [0.3, 0.4) is 0 Å². The van der Waals surface area contributed by atoms with E-state index in [1.54, 1.807) is 0 Å². The molecule has 0 bridgehead atoms. The molecule has 2 atom stereocenters. The molecule has 2 aromatic rings. The van der Waals surface area contributed by atoms with Crippen LogP contribution >= 0.6 is 24.8 Å². The predicted molar refractivity (Wildman–Crippen MR) is 114 cm³/mol. The molecule has 1 saturated heterocycles. The third-order valence-electron chi connectivity index (χ3n) is 5.17. The van der Waals surface area contributed by atoms with Gasteiger partial charge in [-0.2, -0.15) is 22.0 Å². The van der Waals surface area contributed by atoms with Crippen LogP contribution in [0.1, 0.15) is 35.6 Å². The van der Waals surface area contributed by atoms with E-state index in [0.29, 0.717) is 0 Å². The number of benzene rings is 2. The fourth-order valence-corrected chi connectivity index (χ4v) is 3.64. The maximum absolute atomic E-state index is 13.8. The van der Waals surface area contributed by atoms with Crippen LogP contribution in [0.25, 0.3) is 0 Å². The average Bonchev–Trinajstić information content (AvgIpc) is 2.72. The highest BCUT2D eigenvalue weighted by atomic mass is 35.5. The average molecular weight is 487 g/mol. The van der Waals surface area contributed by atoms with Crippen molar-refractivity contribution in [1.29, 1.82) is 0 Å². The van der Waals surface area contributed by atoms with E-state index < -0.39 is 17.7 Å². The van der Waals surface area contributed by atoms with Gasteiger partial charge in [0.25, 0.3) is 0 Å². The molecule has 0 radical (unpaired) electrons. The number of alkyl halides is 5. The second-order valence-electron chi connectivity index (χ2n) is 7.07. The van der Waals surface area contributed by atoms with Crippen molar-refractivity contribution in [3.63, 3.8) is 0 Å². The van der Waals surface area contributed by atoms with Gasteiger partial charge in [-0.25, -0.2) is 0 Å². The fraction of sp³-hybridized carbons (Fsp3) is 0.429. The summed E-state index contributed by atoms with van der Waals surface area (Å²) in [6.45, 7) is 0.967. The van der Waals surface area contributed by atoms with E-state index in [-0.39, 0.29) is 54.8 Å². The van der Waals surface area contributed by atoms with Crippen molar-refractivity contribution in [1.82, 2.24) is 10.6 Å². The van der Waals surface area contributed by atoms with Crippen LogP contribution in [0, 0.1) is 0 Å². The summed E-state index contributed by atoms with van der Waals surface area (Å²) in [4.78, 5) is 0. The Morgan fingerprint density at radius 3 is 2.32 bits per heavy atom. The Hall–Kier alpha value is -1.61. The number of hydrogen-bond donors (Lipinski definition) is 2. The topological polar surface area (TPSA) is 33.3 Å². The molecular formula is C21H25Cl2F5N2O. The standard InChI is InChI=1S/C21H23F5N2O.2ClH/c1-29-18-10-9-16(20(22,23)21(24,25)26)12-15(18)13-28-17-8-5-11-27-19(17)14-6-3-2-4-7-14;;/h2-4,6-7,9-10,12,17,19,27-28H,5,8,11,13H2,1H3;2*1H/t17-,19-;;/m0../s1. The first kappa shape index (κ1) is 27.4. The maximum Gasteiger partial charge on any atom is 0.458 e. The van der Waals surface area contributed by atoms with Crippen molar-refractivity contribution in [3.8, 4) is 5.75 Å². The molecule has 10 heteroatoms. The molecule has 0 aromatic heterocycles. The lowest BCUT2D eigenvalue weighted by atomic mass is 9.92. The molecule has 3 rings (SSSR count). The van der Waals surface area contributed by atoms with Gasteiger partial charge in [0.15, 0.2) is 0 Å². The predicted octanol–water partition coefficient (Wildman–Crippen LogP) is 5.78. The van der Waals surface area contributed by atoms with E-state index in [0.717, 1.165) is 43.1 Å². The van der Waals surface area contributed by atoms with Crippen LogP contribution in [0.2, 0.25) is 0 Å². The highest BCUT2D eigenvalue weighted by Gasteiger charge is 2.58. The molecule has 1 fully saturated rings. The molecule has 3 nitrogen and oxygen atoms in total. The van der Waals surface area contributed by atoms with Crippen LogP contribution in [-0.2, 0) is 12.5 Å². The SMILES string of the molecule is COc1ccc(C(F)(F)C(F)(F)F)cc1CN[C@H]1CCCN[C@H]1c1ccccc1.Cl.Cl. The Labute approximate surface area is 190 Å². The third kappa shape index (κ3) is 6.22. The zero-order chi connectivity index (χ0) is 21.1. The van der Waals surface area contributed by atoms with Gasteiger partial charge in [0.2, 0.25) is 0 Å². The zero-order valence-corrected chi connectivity index (χ0v) is 18.3. The first-order valence-corrected chi connectivity index (χ1v) is 9.37. The minimum absolute atomic E-state index is 0. The quantitative estimate of drug-likeness (QED) is 0.508. The van der Waals surface area contributed by atoms with Gasteiger partial charge in [-0.05, 0) is 43.1 Å². The first-order chi connectivity index (χ1) is 13.7. The monoisotopic (exact) mass is 486 g/mol. The Kier molecular flexibility index (Phi) is 10.0. The van der Waals surface area contributed by atoms with Crippen LogP contribution in [0.5, 0.6) is 5.75 Å². The van der Waals surface area contributed by atoms with Crippen molar-refractivity contribution in [2.75, 3.05) is 13.7 Å².